The highest BCUT2D eigenvalue weighted by Gasteiger charge is 2.29. The summed E-state index contributed by atoms with van der Waals surface area (Å²) >= 11 is 0. The number of rotatable bonds is 4. The molecule has 1 fully saturated rings. The summed E-state index contributed by atoms with van der Waals surface area (Å²) < 4.78 is 40.3. The van der Waals surface area contributed by atoms with Crippen LogP contribution in [0.3, 0.4) is 0 Å². The number of carbonyl (C=O) groups excluding carboxylic acids is 1. The molecule has 1 aliphatic heterocycles. The normalized spacial score (nSPS) is 16.0. The Labute approximate surface area is 129 Å². The molecular formula is C15H17FN2O3S. The van der Waals surface area contributed by atoms with Gasteiger partial charge in [0, 0.05) is 18.7 Å². The molecule has 0 aliphatic carbocycles. The van der Waals surface area contributed by atoms with Crippen LogP contribution in [-0.4, -0.2) is 38.3 Å². The molecule has 1 aromatic rings. The maximum atomic E-state index is 14.0. The number of piperidine rings is 1. The highest BCUT2D eigenvalue weighted by molar-refractivity contribution is 7.89. The molecule has 1 saturated heterocycles. The molecule has 0 aromatic heterocycles. The Morgan fingerprint density at radius 1 is 1.32 bits per heavy atom. The van der Waals surface area contributed by atoms with Gasteiger partial charge in [0.25, 0.3) is 5.91 Å². The van der Waals surface area contributed by atoms with Crippen LogP contribution in [0.4, 0.5) is 4.39 Å². The molecule has 1 aromatic carbocycles. The number of benzene rings is 1. The van der Waals surface area contributed by atoms with Gasteiger partial charge >= 0.3 is 0 Å². The summed E-state index contributed by atoms with van der Waals surface area (Å²) in [5.74, 6) is 0.848. The van der Waals surface area contributed by atoms with Crippen molar-refractivity contribution in [2.75, 3.05) is 19.6 Å². The van der Waals surface area contributed by atoms with Crippen LogP contribution in [0.15, 0.2) is 23.1 Å². The first-order valence-corrected chi connectivity index (χ1v) is 8.42. The molecule has 0 saturated carbocycles. The third-order valence-electron chi connectivity index (χ3n) is 3.48. The standard InChI is InChI=1S/C15H17FN2O3S/c1-2-8-17-15(19)12-6-7-13(16)14(11-12)22(20,21)18-9-4-3-5-10-18/h1,6-7,11H,3-5,8-10H2,(H,17,19). The predicted molar refractivity (Wildman–Crippen MR) is 80.2 cm³/mol. The van der Waals surface area contributed by atoms with E-state index in [1.165, 1.54) is 10.4 Å². The van der Waals surface area contributed by atoms with Gasteiger partial charge in [0.1, 0.15) is 10.7 Å². The second kappa shape index (κ2) is 6.90. The minimum atomic E-state index is -3.93. The van der Waals surface area contributed by atoms with Crippen molar-refractivity contribution in [3.63, 3.8) is 0 Å². The first-order valence-electron chi connectivity index (χ1n) is 6.98. The minimum absolute atomic E-state index is 0.0183. The van der Waals surface area contributed by atoms with Crippen molar-refractivity contribution in [1.29, 1.82) is 0 Å². The molecule has 0 atom stereocenters. The van der Waals surface area contributed by atoms with Gasteiger partial charge in [-0.3, -0.25) is 4.79 Å². The smallest absolute Gasteiger partial charge is 0.252 e. The van der Waals surface area contributed by atoms with E-state index in [1.54, 1.807) is 0 Å². The maximum Gasteiger partial charge on any atom is 0.252 e. The summed E-state index contributed by atoms with van der Waals surface area (Å²) in [7, 11) is -3.93. The number of carbonyl (C=O) groups is 1. The van der Waals surface area contributed by atoms with Crippen LogP contribution in [0.25, 0.3) is 0 Å². The van der Waals surface area contributed by atoms with E-state index >= 15 is 0 Å². The molecule has 7 heteroatoms. The monoisotopic (exact) mass is 324 g/mol. The van der Waals surface area contributed by atoms with Crippen LogP contribution in [0.1, 0.15) is 29.6 Å². The predicted octanol–water partition coefficient (Wildman–Crippen LogP) is 1.36. The number of terminal acetylenes is 1. The van der Waals surface area contributed by atoms with Gasteiger partial charge in [-0.15, -0.1) is 6.42 Å². The molecule has 5 nitrogen and oxygen atoms in total. The fourth-order valence-electron chi connectivity index (χ4n) is 2.32. The molecule has 1 N–H and O–H groups in total. The van der Waals surface area contributed by atoms with Gasteiger partial charge in [-0.2, -0.15) is 4.31 Å². The van der Waals surface area contributed by atoms with Crippen LogP contribution in [0.5, 0.6) is 0 Å². The summed E-state index contributed by atoms with van der Waals surface area (Å²) in [6, 6.07) is 3.28. The molecule has 0 bridgehead atoms. The van der Waals surface area contributed by atoms with Gasteiger partial charge in [-0.25, -0.2) is 12.8 Å². The second-order valence-corrected chi connectivity index (χ2v) is 6.90. The molecule has 0 spiro atoms. The first kappa shape index (κ1) is 16.5. The molecule has 1 heterocycles. The van der Waals surface area contributed by atoms with Crippen LogP contribution in [0, 0.1) is 18.2 Å². The van der Waals surface area contributed by atoms with Gasteiger partial charge in [0.2, 0.25) is 10.0 Å². The molecule has 118 valence electrons. The van der Waals surface area contributed by atoms with Gasteiger partial charge in [0.05, 0.1) is 6.54 Å². The average molecular weight is 324 g/mol. The number of halogens is 1. The third-order valence-corrected chi connectivity index (χ3v) is 5.39. The van der Waals surface area contributed by atoms with E-state index in [0.29, 0.717) is 13.1 Å². The van der Waals surface area contributed by atoms with E-state index in [9.17, 15) is 17.6 Å². The van der Waals surface area contributed by atoms with E-state index in [2.05, 4.69) is 11.2 Å². The van der Waals surface area contributed by atoms with Gasteiger partial charge in [0.15, 0.2) is 0 Å². The van der Waals surface area contributed by atoms with Crippen molar-refractivity contribution in [3.05, 3.63) is 29.6 Å². The number of nitrogens with one attached hydrogen (secondary N) is 1. The fourth-order valence-corrected chi connectivity index (χ4v) is 3.93. The Kier molecular flexibility index (Phi) is 5.16. The van der Waals surface area contributed by atoms with E-state index in [4.69, 9.17) is 6.42 Å². The van der Waals surface area contributed by atoms with Crippen LogP contribution < -0.4 is 5.32 Å². The lowest BCUT2D eigenvalue weighted by molar-refractivity contribution is 0.0958. The molecule has 22 heavy (non-hydrogen) atoms. The van der Waals surface area contributed by atoms with Gasteiger partial charge in [-0.1, -0.05) is 12.3 Å². The molecule has 0 unspecified atom stereocenters. The third kappa shape index (κ3) is 3.46. The zero-order valence-electron chi connectivity index (χ0n) is 12.0. The summed E-state index contributed by atoms with van der Waals surface area (Å²) in [5, 5.41) is 2.42. The molecule has 1 amide bonds. The van der Waals surface area contributed by atoms with E-state index < -0.39 is 26.6 Å². The molecule has 0 radical (unpaired) electrons. The zero-order valence-corrected chi connectivity index (χ0v) is 12.8. The Hall–Kier alpha value is -1.91. The minimum Gasteiger partial charge on any atom is -0.341 e. The Balaban J connectivity index is 2.33. The summed E-state index contributed by atoms with van der Waals surface area (Å²) in [6.45, 7) is 0.759. The Bertz CT molecular complexity index is 704. The molecular weight excluding hydrogens is 307 g/mol. The van der Waals surface area contributed by atoms with Crippen molar-refractivity contribution in [2.45, 2.75) is 24.2 Å². The van der Waals surface area contributed by atoms with E-state index in [-0.39, 0.29) is 12.1 Å². The number of hydrogen-bond acceptors (Lipinski definition) is 3. The van der Waals surface area contributed by atoms with Crippen molar-refractivity contribution >= 4 is 15.9 Å². The number of nitrogens with zero attached hydrogens (tertiary/aromatic N) is 1. The number of amides is 1. The van der Waals surface area contributed by atoms with Gasteiger partial charge in [-0.05, 0) is 31.0 Å². The Morgan fingerprint density at radius 3 is 2.64 bits per heavy atom. The largest absolute Gasteiger partial charge is 0.341 e. The number of sulfonamides is 1. The average Bonchev–Trinajstić information content (AvgIpc) is 2.53. The quantitative estimate of drug-likeness (QED) is 0.851. The lowest BCUT2D eigenvalue weighted by atomic mass is 10.2. The number of hydrogen-bond donors (Lipinski definition) is 1. The van der Waals surface area contributed by atoms with Crippen molar-refractivity contribution in [3.8, 4) is 12.3 Å². The lowest BCUT2D eigenvalue weighted by Crippen LogP contribution is -2.36. The van der Waals surface area contributed by atoms with Crippen LogP contribution in [0.2, 0.25) is 0 Å². The van der Waals surface area contributed by atoms with Crippen molar-refractivity contribution in [2.24, 2.45) is 0 Å². The van der Waals surface area contributed by atoms with Crippen LogP contribution in [-0.2, 0) is 10.0 Å². The maximum absolute atomic E-state index is 14.0. The SMILES string of the molecule is C#CCNC(=O)c1ccc(F)c(S(=O)(=O)N2CCCCC2)c1. The topological polar surface area (TPSA) is 66.5 Å². The summed E-state index contributed by atoms with van der Waals surface area (Å²) in [6.07, 6.45) is 7.52. The summed E-state index contributed by atoms with van der Waals surface area (Å²) in [5.41, 5.74) is 0.0623. The summed E-state index contributed by atoms with van der Waals surface area (Å²) in [4.78, 5) is 11.4. The first-order chi connectivity index (χ1) is 10.5. The van der Waals surface area contributed by atoms with E-state index in [0.717, 1.165) is 31.4 Å². The van der Waals surface area contributed by atoms with Gasteiger partial charge < -0.3 is 5.32 Å². The second-order valence-electron chi connectivity index (χ2n) is 5.00. The Morgan fingerprint density at radius 2 is 2.00 bits per heavy atom. The zero-order chi connectivity index (χ0) is 16.2. The van der Waals surface area contributed by atoms with E-state index in [1.807, 2.05) is 0 Å². The highest BCUT2D eigenvalue weighted by Crippen LogP contribution is 2.23. The lowest BCUT2D eigenvalue weighted by Gasteiger charge is -2.26. The van der Waals surface area contributed by atoms with Crippen molar-refractivity contribution < 1.29 is 17.6 Å². The molecule has 2 rings (SSSR count). The van der Waals surface area contributed by atoms with Crippen molar-refractivity contribution in [1.82, 2.24) is 9.62 Å². The highest BCUT2D eigenvalue weighted by atomic mass is 32.2. The van der Waals surface area contributed by atoms with Crippen LogP contribution >= 0.6 is 0 Å². The molecule has 1 aliphatic rings. The fraction of sp³-hybridized carbons (Fsp3) is 0.400.